The fourth-order valence-electron chi connectivity index (χ4n) is 2.79. The van der Waals surface area contributed by atoms with Crippen LogP contribution in [0.15, 0.2) is 0 Å². The Morgan fingerprint density at radius 1 is 0.692 bits per heavy atom. The molecule has 0 spiro atoms. The Balaban J connectivity index is 3.29. The number of aliphatic hydroxyl groups is 3. The number of unbranched alkanes of at least 4 members (excludes halogenated alkanes) is 12. The smallest absolute Gasteiger partial charge is 0.305 e. The monoisotopic (exact) mass is 374 g/mol. The highest BCUT2D eigenvalue weighted by Gasteiger charge is 2.24. The Morgan fingerprint density at radius 3 is 1.46 bits per heavy atom. The van der Waals surface area contributed by atoms with Gasteiger partial charge in [-0.3, -0.25) is 4.79 Å². The maximum absolute atomic E-state index is 11.6. The molecule has 0 atom stereocenters. The summed E-state index contributed by atoms with van der Waals surface area (Å²) in [5, 5.41) is 27.0. The number of rotatable bonds is 19. The first-order valence-electron chi connectivity index (χ1n) is 10.6. The van der Waals surface area contributed by atoms with Crippen molar-refractivity contribution in [2.75, 3.05) is 26.4 Å². The fraction of sp³-hybridized carbons (Fsp3) is 0.952. The van der Waals surface area contributed by atoms with Crippen molar-refractivity contribution in [1.29, 1.82) is 0 Å². The van der Waals surface area contributed by atoms with Gasteiger partial charge in [-0.2, -0.15) is 0 Å². The summed E-state index contributed by atoms with van der Waals surface area (Å²) in [6.07, 6.45) is 15.9. The van der Waals surface area contributed by atoms with Crippen molar-refractivity contribution in [3.05, 3.63) is 0 Å². The predicted octanol–water partition coefficient (Wildman–Crippen LogP) is 3.97. The number of hydrogen-bond acceptors (Lipinski definition) is 5. The molecule has 0 unspecified atom stereocenters. The molecular weight excluding hydrogens is 332 g/mol. The summed E-state index contributed by atoms with van der Waals surface area (Å²) in [5.74, 6) is -0.239. The molecule has 0 saturated heterocycles. The minimum absolute atomic E-state index is 0.0697. The first-order chi connectivity index (χ1) is 12.6. The van der Waals surface area contributed by atoms with E-state index in [1.54, 1.807) is 6.92 Å². The van der Waals surface area contributed by atoms with E-state index in [1.165, 1.54) is 57.8 Å². The van der Waals surface area contributed by atoms with Gasteiger partial charge in [0, 0.05) is 18.4 Å². The standard InChI is InChI=1S/C21H42O5/c1-21(17-23,18-24)19-26-20(25)15-13-11-9-7-5-3-2-4-6-8-10-12-14-16-22/h22-24H,2-19H2,1H3. The van der Waals surface area contributed by atoms with Crippen LogP contribution in [0.5, 0.6) is 0 Å². The average Bonchev–Trinajstić information content (AvgIpc) is 2.66. The number of ether oxygens (including phenoxy) is 1. The highest BCUT2D eigenvalue weighted by Crippen LogP contribution is 2.16. The van der Waals surface area contributed by atoms with Crippen LogP contribution in [-0.2, 0) is 9.53 Å². The minimum Gasteiger partial charge on any atom is -0.465 e. The predicted molar refractivity (Wildman–Crippen MR) is 105 cm³/mol. The first kappa shape index (κ1) is 25.4. The molecule has 156 valence electrons. The van der Waals surface area contributed by atoms with E-state index >= 15 is 0 Å². The Morgan fingerprint density at radius 2 is 1.08 bits per heavy atom. The maximum atomic E-state index is 11.6. The number of esters is 1. The second kappa shape index (κ2) is 17.7. The van der Waals surface area contributed by atoms with Crippen LogP contribution in [-0.4, -0.2) is 47.7 Å². The quantitative estimate of drug-likeness (QED) is 0.235. The second-order valence-corrected chi connectivity index (χ2v) is 7.86. The molecule has 0 aliphatic carbocycles. The molecule has 0 aliphatic heterocycles. The second-order valence-electron chi connectivity index (χ2n) is 7.86. The molecule has 5 heteroatoms. The zero-order valence-electron chi connectivity index (χ0n) is 16.9. The number of aliphatic hydroxyl groups excluding tert-OH is 3. The van der Waals surface area contributed by atoms with Gasteiger partial charge >= 0.3 is 5.97 Å². The average molecular weight is 375 g/mol. The summed E-state index contributed by atoms with van der Waals surface area (Å²) in [4.78, 5) is 11.6. The summed E-state index contributed by atoms with van der Waals surface area (Å²) < 4.78 is 5.13. The van der Waals surface area contributed by atoms with Crippen LogP contribution in [0.25, 0.3) is 0 Å². The van der Waals surface area contributed by atoms with E-state index in [-0.39, 0.29) is 25.8 Å². The lowest BCUT2D eigenvalue weighted by Crippen LogP contribution is -2.32. The highest BCUT2D eigenvalue weighted by molar-refractivity contribution is 5.69. The highest BCUT2D eigenvalue weighted by atomic mass is 16.5. The van der Waals surface area contributed by atoms with Crippen LogP contribution in [0.2, 0.25) is 0 Å². The van der Waals surface area contributed by atoms with Crippen molar-refractivity contribution in [3.63, 3.8) is 0 Å². The lowest BCUT2D eigenvalue weighted by molar-refractivity contribution is -0.149. The molecule has 0 aliphatic rings. The van der Waals surface area contributed by atoms with Gasteiger partial charge in [-0.05, 0) is 12.8 Å². The van der Waals surface area contributed by atoms with Gasteiger partial charge < -0.3 is 20.1 Å². The Kier molecular flexibility index (Phi) is 17.3. The number of carbonyl (C=O) groups excluding carboxylic acids is 1. The summed E-state index contributed by atoms with van der Waals surface area (Å²) in [7, 11) is 0. The summed E-state index contributed by atoms with van der Waals surface area (Å²) in [5.41, 5.74) is -0.741. The molecule has 3 N–H and O–H groups in total. The van der Waals surface area contributed by atoms with Crippen molar-refractivity contribution in [2.45, 2.75) is 96.8 Å². The first-order valence-corrected chi connectivity index (χ1v) is 10.6. The third-order valence-corrected chi connectivity index (χ3v) is 4.88. The van der Waals surface area contributed by atoms with Crippen molar-refractivity contribution in [3.8, 4) is 0 Å². The van der Waals surface area contributed by atoms with Gasteiger partial charge in [0.15, 0.2) is 0 Å². The van der Waals surface area contributed by atoms with E-state index in [2.05, 4.69) is 0 Å². The van der Waals surface area contributed by atoms with E-state index in [0.29, 0.717) is 13.0 Å². The molecule has 0 fully saturated rings. The van der Waals surface area contributed by atoms with Gasteiger partial charge in [0.05, 0.1) is 13.2 Å². The molecular formula is C21H42O5. The van der Waals surface area contributed by atoms with E-state index < -0.39 is 5.41 Å². The number of hydrogen-bond donors (Lipinski definition) is 3. The van der Waals surface area contributed by atoms with Crippen LogP contribution in [0.3, 0.4) is 0 Å². The third kappa shape index (κ3) is 15.6. The summed E-state index contributed by atoms with van der Waals surface area (Å²) in [6, 6.07) is 0. The van der Waals surface area contributed by atoms with Crippen LogP contribution in [0.4, 0.5) is 0 Å². The minimum atomic E-state index is -0.741. The number of carbonyl (C=O) groups is 1. The summed E-state index contributed by atoms with van der Waals surface area (Å²) >= 11 is 0. The Hall–Kier alpha value is -0.650. The lowest BCUT2D eigenvalue weighted by Gasteiger charge is -2.23. The third-order valence-electron chi connectivity index (χ3n) is 4.88. The van der Waals surface area contributed by atoms with E-state index in [4.69, 9.17) is 20.1 Å². The molecule has 0 aromatic rings. The molecule has 0 saturated carbocycles. The van der Waals surface area contributed by atoms with Crippen molar-refractivity contribution < 1.29 is 24.9 Å². The Bertz CT molecular complexity index is 316. The van der Waals surface area contributed by atoms with E-state index in [9.17, 15) is 4.79 Å². The Labute approximate surface area is 160 Å². The van der Waals surface area contributed by atoms with Crippen LogP contribution >= 0.6 is 0 Å². The molecule has 26 heavy (non-hydrogen) atoms. The molecule has 0 radical (unpaired) electrons. The van der Waals surface area contributed by atoms with E-state index in [1.807, 2.05) is 0 Å². The molecule has 0 heterocycles. The molecule has 0 aromatic heterocycles. The molecule has 0 amide bonds. The zero-order valence-corrected chi connectivity index (χ0v) is 16.9. The van der Waals surface area contributed by atoms with Crippen LogP contribution in [0.1, 0.15) is 96.8 Å². The largest absolute Gasteiger partial charge is 0.465 e. The summed E-state index contributed by atoms with van der Waals surface area (Å²) in [6.45, 7) is 1.70. The normalized spacial score (nSPS) is 11.7. The fourth-order valence-corrected chi connectivity index (χ4v) is 2.79. The van der Waals surface area contributed by atoms with Crippen molar-refractivity contribution in [1.82, 2.24) is 0 Å². The molecule has 0 bridgehead atoms. The SMILES string of the molecule is CC(CO)(CO)COC(=O)CCCCCCCCCCCCCCCO. The van der Waals surface area contributed by atoms with Gasteiger partial charge in [0.2, 0.25) is 0 Å². The molecule has 0 aromatic carbocycles. The van der Waals surface area contributed by atoms with Gasteiger partial charge in [-0.1, -0.05) is 77.6 Å². The van der Waals surface area contributed by atoms with Gasteiger partial charge in [-0.25, -0.2) is 0 Å². The topological polar surface area (TPSA) is 87.0 Å². The molecule has 5 nitrogen and oxygen atoms in total. The van der Waals surface area contributed by atoms with Gasteiger partial charge in [0.25, 0.3) is 0 Å². The maximum Gasteiger partial charge on any atom is 0.305 e. The lowest BCUT2D eigenvalue weighted by atomic mass is 9.94. The van der Waals surface area contributed by atoms with Crippen molar-refractivity contribution >= 4 is 5.97 Å². The van der Waals surface area contributed by atoms with Crippen LogP contribution < -0.4 is 0 Å². The molecule has 0 rings (SSSR count). The van der Waals surface area contributed by atoms with Crippen molar-refractivity contribution in [2.24, 2.45) is 5.41 Å². The van der Waals surface area contributed by atoms with Crippen LogP contribution in [0, 0.1) is 5.41 Å². The van der Waals surface area contributed by atoms with Gasteiger partial charge in [0.1, 0.15) is 6.61 Å². The zero-order chi connectivity index (χ0) is 19.5. The van der Waals surface area contributed by atoms with Gasteiger partial charge in [-0.15, -0.1) is 0 Å². The van der Waals surface area contributed by atoms with E-state index in [0.717, 1.165) is 25.7 Å².